The largest absolute Gasteiger partial charge is 0.756 e. The summed E-state index contributed by atoms with van der Waals surface area (Å²) in [5, 5.41) is 21.2. The van der Waals surface area contributed by atoms with E-state index in [9.17, 15) is 24.6 Å². The molecule has 3 N–H and O–H groups in total. The molecule has 4 saturated carbocycles. The number of phosphoric ester groups is 1. The molecule has 0 spiro atoms. The molecule has 226 valence electrons. The Morgan fingerprint density at radius 1 is 1.18 bits per heavy atom. The van der Waals surface area contributed by atoms with Gasteiger partial charge in [0.2, 0.25) is 0 Å². The Kier molecular flexibility index (Phi) is 9.79. The van der Waals surface area contributed by atoms with E-state index in [0.29, 0.717) is 53.1 Å². The van der Waals surface area contributed by atoms with Crippen molar-refractivity contribution in [1.29, 1.82) is 0 Å². The quantitative estimate of drug-likeness (QED) is 0.194. The van der Waals surface area contributed by atoms with Crippen molar-refractivity contribution >= 4 is 7.82 Å². The van der Waals surface area contributed by atoms with Gasteiger partial charge in [-0.3, -0.25) is 4.57 Å². The SMILES string of the molecule is C=C1/C(=C\C=C2/CCC[C@]3(C)[C@@H]([C@H](C)/C=C/[C@@H](O)C4CC4)CC[C@@H]23)C[C@H](C(C[N+](C)(C)C)OP(=O)([O-])O)C[C@H]1O. The molecule has 8 heteroatoms. The molecule has 0 aromatic heterocycles. The molecular weight excluding hydrogens is 525 g/mol. The molecule has 7 nitrogen and oxygen atoms in total. The van der Waals surface area contributed by atoms with Gasteiger partial charge in [-0.05, 0) is 104 Å². The summed E-state index contributed by atoms with van der Waals surface area (Å²) in [6.07, 6.45) is 15.8. The summed E-state index contributed by atoms with van der Waals surface area (Å²) in [6, 6.07) is 0. The Morgan fingerprint density at radius 3 is 2.50 bits per heavy atom. The minimum Gasteiger partial charge on any atom is -0.756 e. The van der Waals surface area contributed by atoms with Gasteiger partial charge in [-0.1, -0.05) is 50.3 Å². The summed E-state index contributed by atoms with van der Waals surface area (Å²) in [7, 11) is 0.917. The lowest BCUT2D eigenvalue weighted by atomic mass is 9.61. The highest BCUT2D eigenvalue weighted by Crippen LogP contribution is 2.59. The number of rotatable bonds is 10. The first kappa shape index (κ1) is 31.9. The zero-order valence-corrected chi connectivity index (χ0v) is 26.1. The second kappa shape index (κ2) is 12.3. The number of aliphatic hydroxyl groups excluding tert-OH is 2. The summed E-state index contributed by atoms with van der Waals surface area (Å²) >= 11 is 0. The molecule has 2 unspecified atom stereocenters. The van der Waals surface area contributed by atoms with Crippen LogP contribution in [-0.4, -0.2) is 65.6 Å². The molecule has 0 aliphatic heterocycles. The second-order valence-electron chi connectivity index (χ2n) is 14.4. The normalized spacial score (nSPS) is 37.5. The van der Waals surface area contributed by atoms with Crippen molar-refractivity contribution in [2.75, 3.05) is 27.7 Å². The van der Waals surface area contributed by atoms with Crippen LogP contribution in [0.3, 0.4) is 0 Å². The number of quaternary nitrogens is 1. The van der Waals surface area contributed by atoms with E-state index in [1.165, 1.54) is 24.8 Å². The number of aliphatic hydroxyl groups is 2. The van der Waals surface area contributed by atoms with Gasteiger partial charge in [0.15, 0.2) is 0 Å². The minimum atomic E-state index is -4.93. The Labute approximate surface area is 241 Å². The van der Waals surface area contributed by atoms with Crippen LogP contribution in [0.4, 0.5) is 0 Å². The molecule has 0 bridgehead atoms. The van der Waals surface area contributed by atoms with Crippen LogP contribution in [0, 0.1) is 35.0 Å². The fraction of sp³-hybridized carbons (Fsp3) is 0.750. The number of likely N-dealkylation sites (N-methyl/N-ethyl adjacent to an activating group) is 1. The molecule has 0 aromatic carbocycles. The molecule has 4 aliphatic rings. The van der Waals surface area contributed by atoms with Crippen LogP contribution in [0.5, 0.6) is 0 Å². The molecule has 0 saturated heterocycles. The van der Waals surface area contributed by atoms with Crippen molar-refractivity contribution in [2.24, 2.45) is 35.0 Å². The van der Waals surface area contributed by atoms with Crippen LogP contribution >= 0.6 is 7.82 Å². The lowest BCUT2D eigenvalue weighted by molar-refractivity contribution is -0.873. The van der Waals surface area contributed by atoms with Crippen molar-refractivity contribution < 1.29 is 33.6 Å². The third kappa shape index (κ3) is 7.86. The molecule has 0 heterocycles. The van der Waals surface area contributed by atoms with E-state index < -0.39 is 20.0 Å². The molecule has 0 aromatic rings. The summed E-state index contributed by atoms with van der Waals surface area (Å²) < 4.78 is 17.3. The third-order valence-electron chi connectivity index (χ3n) is 10.2. The average molecular weight is 578 g/mol. The van der Waals surface area contributed by atoms with E-state index in [-0.39, 0.29) is 17.4 Å². The molecule has 4 fully saturated rings. The van der Waals surface area contributed by atoms with Gasteiger partial charge in [-0.2, -0.15) is 0 Å². The van der Waals surface area contributed by atoms with Crippen LogP contribution in [0.25, 0.3) is 0 Å². The van der Waals surface area contributed by atoms with Crippen LogP contribution < -0.4 is 4.89 Å². The van der Waals surface area contributed by atoms with E-state index in [1.54, 1.807) is 0 Å². The van der Waals surface area contributed by atoms with E-state index in [1.807, 2.05) is 27.2 Å². The van der Waals surface area contributed by atoms with Crippen molar-refractivity contribution in [3.05, 3.63) is 47.6 Å². The van der Waals surface area contributed by atoms with Crippen molar-refractivity contribution in [1.82, 2.24) is 0 Å². The second-order valence-corrected chi connectivity index (χ2v) is 15.6. The molecular formula is C32H52NO6P. The van der Waals surface area contributed by atoms with Crippen LogP contribution in [0.2, 0.25) is 0 Å². The monoisotopic (exact) mass is 577 g/mol. The minimum absolute atomic E-state index is 0.225. The number of hydrogen-bond acceptors (Lipinski definition) is 5. The zero-order valence-electron chi connectivity index (χ0n) is 25.2. The fourth-order valence-electron chi connectivity index (χ4n) is 7.95. The molecule has 9 atom stereocenters. The van der Waals surface area contributed by atoms with E-state index >= 15 is 0 Å². The van der Waals surface area contributed by atoms with Gasteiger partial charge in [0.05, 0.1) is 33.4 Å². The Morgan fingerprint density at radius 2 is 1.88 bits per heavy atom. The number of fused-ring (bicyclic) bond motifs is 1. The third-order valence-corrected chi connectivity index (χ3v) is 10.8. The van der Waals surface area contributed by atoms with Crippen molar-refractivity contribution in [3.8, 4) is 0 Å². The standard InChI is InChI=1S/C32H52NO6P/c1-21(9-16-29(34)24-11-12-24)27-14-15-28-23(8-7-17-32(27,28)3)10-13-25-18-26(19-30(35)22(25)2)31(20-33(4,5)6)39-40(36,37)38/h9-10,13,16,21,24,26-31,34-35H,2,7-8,11-12,14-15,17-20H2,1,3-6H3,(H-,36,37,38)/b16-9+,23-10+,25-13-/t21-,26+,27-,28+,29-,30-,31?,32-/m1/s1. The van der Waals surface area contributed by atoms with Gasteiger partial charge in [0.1, 0.15) is 12.6 Å². The summed E-state index contributed by atoms with van der Waals surface area (Å²) in [4.78, 5) is 21.2. The Hall–Kier alpha value is -1.05. The van der Waals surface area contributed by atoms with Crippen LogP contribution in [-0.2, 0) is 9.09 Å². The Balaban J connectivity index is 1.51. The van der Waals surface area contributed by atoms with Crippen LogP contribution in [0.1, 0.15) is 71.6 Å². The maximum atomic E-state index is 11.7. The summed E-state index contributed by atoms with van der Waals surface area (Å²) in [6.45, 7) is 9.32. The predicted molar refractivity (Wildman–Crippen MR) is 157 cm³/mol. The first-order valence-electron chi connectivity index (χ1n) is 15.2. The van der Waals surface area contributed by atoms with Gasteiger partial charge in [-0.25, -0.2) is 0 Å². The van der Waals surface area contributed by atoms with Gasteiger partial charge >= 0.3 is 0 Å². The fourth-order valence-corrected chi connectivity index (χ4v) is 8.53. The lowest BCUT2D eigenvalue weighted by Crippen LogP contribution is -2.47. The summed E-state index contributed by atoms with van der Waals surface area (Å²) in [5.41, 5.74) is 3.29. The highest BCUT2D eigenvalue weighted by atomic mass is 31.2. The van der Waals surface area contributed by atoms with Gasteiger partial charge in [-0.15, -0.1) is 0 Å². The van der Waals surface area contributed by atoms with Crippen molar-refractivity contribution in [2.45, 2.75) is 89.9 Å². The average Bonchev–Trinajstić information content (AvgIpc) is 3.62. The zero-order chi connectivity index (χ0) is 29.5. The first-order valence-corrected chi connectivity index (χ1v) is 16.7. The number of allylic oxidation sites excluding steroid dienone is 4. The molecule has 0 amide bonds. The highest BCUT2D eigenvalue weighted by molar-refractivity contribution is 7.44. The predicted octanol–water partition coefficient (Wildman–Crippen LogP) is 4.90. The molecule has 40 heavy (non-hydrogen) atoms. The smallest absolute Gasteiger partial charge is 0.265 e. The maximum absolute atomic E-state index is 11.7. The lowest BCUT2D eigenvalue weighted by Gasteiger charge is -2.44. The first-order chi connectivity index (χ1) is 18.6. The number of nitrogens with zero attached hydrogens (tertiary/aromatic N) is 1. The maximum Gasteiger partial charge on any atom is 0.265 e. The topological polar surface area (TPSA) is 110 Å². The summed E-state index contributed by atoms with van der Waals surface area (Å²) in [5.74, 6) is 1.73. The van der Waals surface area contributed by atoms with E-state index in [2.05, 4.69) is 38.7 Å². The Bertz CT molecular complexity index is 1070. The number of hydrogen-bond donors (Lipinski definition) is 3. The molecule has 0 radical (unpaired) electrons. The van der Waals surface area contributed by atoms with Crippen molar-refractivity contribution in [3.63, 3.8) is 0 Å². The van der Waals surface area contributed by atoms with E-state index in [0.717, 1.165) is 31.3 Å². The van der Waals surface area contributed by atoms with E-state index in [4.69, 9.17) is 4.52 Å². The van der Waals surface area contributed by atoms with Gasteiger partial charge in [0, 0.05) is 0 Å². The highest BCUT2D eigenvalue weighted by Gasteiger charge is 2.50. The van der Waals surface area contributed by atoms with Gasteiger partial charge < -0.3 is 29.0 Å². The van der Waals surface area contributed by atoms with Crippen LogP contribution in [0.15, 0.2) is 47.6 Å². The molecule has 4 rings (SSSR count). The van der Waals surface area contributed by atoms with Gasteiger partial charge in [0.25, 0.3) is 7.82 Å². The molecule has 4 aliphatic carbocycles. The number of phosphoric acid groups is 1.